The minimum atomic E-state index is -1.46. The first kappa shape index (κ1) is 5.06. The summed E-state index contributed by atoms with van der Waals surface area (Å²) >= 11 is 0. The van der Waals surface area contributed by atoms with Gasteiger partial charge in [0, 0.05) is 13.2 Å². The second-order valence-corrected chi connectivity index (χ2v) is 1.37. The second-order valence-electron chi connectivity index (χ2n) is 1.37. The Labute approximate surface area is 41.8 Å². The highest BCUT2D eigenvalue weighted by Gasteiger charge is 2.21. The van der Waals surface area contributed by atoms with Gasteiger partial charge in [0.25, 0.3) is 0 Å². The van der Waals surface area contributed by atoms with E-state index in [1.165, 1.54) is 0 Å². The van der Waals surface area contributed by atoms with Crippen LogP contribution >= 0.6 is 0 Å². The van der Waals surface area contributed by atoms with Crippen LogP contribution in [0.2, 0.25) is 0 Å². The highest BCUT2D eigenvalue weighted by molar-refractivity contribution is 6.35. The Balaban J connectivity index is 2.12. The zero-order valence-electron chi connectivity index (χ0n) is 3.89. The largest absolute Gasteiger partial charge is 0.680 e. The molecule has 0 amide bonds. The van der Waals surface area contributed by atoms with Gasteiger partial charge in [-0.3, -0.25) is 4.32 Å². The molecule has 1 saturated heterocycles. The standard InChI is InChI=1S/C3H6BFO2/c5-4-6-2-1-3-7-4/h1-3H2. The van der Waals surface area contributed by atoms with Crippen LogP contribution in [0.5, 0.6) is 0 Å². The maximum Gasteiger partial charge on any atom is 0.680 e. The second kappa shape index (κ2) is 2.28. The first-order valence-corrected chi connectivity index (χ1v) is 2.27. The third kappa shape index (κ3) is 1.45. The number of hydrogen-bond acceptors (Lipinski definition) is 2. The summed E-state index contributed by atoms with van der Waals surface area (Å²) in [5.74, 6) is 0. The van der Waals surface area contributed by atoms with Gasteiger partial charge in [-0.05, 0) is 6.42 Å². The first-order chi connectivity index (χ1) is 3.39. The number of rotatable bonds is 0. The molecular weight excluding hydrogens is 97.8 g/mol. The molecule has 0 radical (unpaired) electrons. The summed E-state index contributed by atoms with van der Waals surface area (Å²) in [5.41, 5.74) is 0. The molecule has 0 unspecified atom stereocenters. The summed E-state index contributed by atoms with van der Waals surface area (Å²) in [5, 5.41) is 0. The fourth-order valence-electron chi connectivity index (χ4n) is 0.459. The average molecular weight is 104 g/mol. The minimum absolute atomic E-state index is 0.487. The Morgan fingerprint density at radius 3 is 2.14 bits per heavy atom. The molecule has 0 atom stereocenters. The molecule has 0 spiro atoms. The average Bonchev–Trinajstić information content (AvgIpc) is 1.69. The van der Waals surface area contributed by atoms with E-state index in [1.807, 2.05) is 0 Å². The molecule has 0 aliphatic carbocycles. The summed E-state index contributed by atoms with van der Waals surface area (Å²) in [7, 11) is -1.46. The van der Waals surface area contributed by atoms with Gasteiger partial charge in [0.05, 0.1) is 0 Å². The molecular formula is C3H6BFO2. The summed E-state index contributed by atoms with van der Waals surface area (Å²) in [6.07, 6.45) is 0.806. The van der Waals surface area contributed by atoms with E-state index in [2.05, 4.69) is 9.31 Å². The first-order valence-electron chi connectivity index (χ1n) is 2.27. The fraction of sp³-hybridized carbons (Fsp3) is 1.00. The van der Waals surface area contributed by atoms with Crippen molar-refractivity contribution in [2.45, 2.75) is 6.42 Å². The third-order valence-electron chi connectivity index (χ3n) is 0.786. The summed E-state index contributed by atoms with van der Waals surface area (Å²) in [6.45, 7) is 0.975. The predicted octanol–water partition coefficient (Wildman–Crippen LogP) is 0.378. The van der Waals surface area contributed by atoms with E-state index >= 15 is 0 Å². The van der Waals surface area contributed by atoms with Gasteiger partial charge >= 0.3 is 7.40 Å². The molecule has 1 aliphatic rings. The number of halogens is 1. The Bertz CT molecular complexity index is 54.9. The molecule has 0 saturated carbocycles. The molecule has 40 valence electrons. The van der Waals surface area contributed by atoms with Crippen molar-refractivity contribution in [3.8, 4) is 0 Å². The molecule has 1 fully saturated rings. The van der Waals surface area contributed by atoms with Gasteiger partial charge in [0.1, 0.15) is 0 Å². The van der Waals surface area contributed by atoms with Crippen molar-refractivity contribution in [3.05, 3.63) is 0 Å². The van der Waals surface area contributed by atoms with Crippen LogP contribution in [0.3, 0.4) is 0 Å². The minimum Gasteiger partial charge on any atom is -0.382 e. The zero-order valence-corrected chi connectivity index (χ0v) is 3.89. The van der Waals surface area contributed by atoms with Crippen molar-refractivity contribution in [1.82, 2.24) is 0 Å². The predicted molar refractivity (Wildman–Crippen MR) is 23.4 cm³/mol. The molecule has 7 heavy (non-hydrogen) atoms. The van der Waals surface area contributed by atoms with Crippen molar-refractivity contribution < 1.29 is 13.6 Å². The van der Waals surface area contributed by atoms with Crippen molar-refractivity contribution in [2.75, 3.05) is 13.2 Å². The molecule has 1 heterocycles. The normalized spacial score (nSPS) is 22.7. The highest BCUT2D eigenvalue weighted by atomic mass is 19.1. The maximum absolute atomic E-state index is 11.7. The van der Waals surface area contributed by atoms with Crippen LogP contribution in [-0.4, -0.2) is 20.6 Å². The molecule has 1 aliphatic heterocycles. The third-order valence-corrected chi connectivity index (χ3v) is 0.786. The molecule has 4 heteroatoms. The Morgan fingerprint density at radius 1 is 1.29 bits per heavy atom. The molecule has 0 aromatic carbocycles. The molecule has 0 aromatic rings. The van der Waals surface area contributed by atoms with Crippen molar-refractivity contribution in [2.24, 2.45) is 0 Å². The highest BCUT2D eigenvalue weighted by Crippen LogP contribution is 1.99. The lowest BCUT2D eigenvalue weighted by Gasteiger charge is -2.11. The van der Waals surface area contributed by atoms with Crippen LogP contribution in [0.4, 0.5) is 4.32 Å². The van der Waals surface area contributed by atoms with Crippen LogP contribution in [-0.2, 0) is 9.31 Å². The van der Waals surface area contributed by atoms with Crippen LogP contribution in [0, 0.1) is 0 Å². The van der Waals surface area contributed by atoms with Gasteiger partial charge in [0.2, 0.25) is 0 Å². The van der Waals surface area contributed by atoms with E-state index < -0.39 is 7.40 Å². The quantitative estimate of drug-likeness (QED) is 0.413. The van der Waals surface area contributed by atoms with E-state index in [0.29, 0.717) is 13.2 Å². The lowest BCUT2D eigenvalue weighted by Crippen LogP contribution is -2.24. The van der Waals surface area contributed by atoms with Gasteiger partial charge < -0.3 is 9.31 Å². The molecule has 2 nitrogen and oxygen atoms in total. The SMILES string of the molecule is FB1OCCCO1. The van der Waals surface area contributed by atoms with Gasteiger partial charge in [-0.25, -0.2) is 0 Å². The van der Waals surface area contributed by atoms with Crippen LogP contribution in [0.1, 0.15) is 6.42 Å². The van der Waals surface area contributed by atoms with Gasteiger partial charge in [-0.2, -0.15) is 0 Å². The van der Waals surface area contributed by atoms with Crippen molar-refractivity contribution in [3.63, 3.8) is 0 Å². The van der Waals surface area contributed by atoms with Crippen LogP contribution in [0.25, 0.3) is 0 Å². The van der Waals surface area contributed by atoms with Crippen molar-refractivity contribution in [1.29, 1.82) is 0 Å². The lowest BCUT2D eigenvalue weighted by molar-refractivity contribution is 0.105. The van der Waals surface area contributed by atoms with E-state index in [-0.39, 0.29) is 0 Å². The van der Waals surface area contributed by atoms with E-state index in [1.54, 1.807) is 0 Å². The van der Waals surface area contributed by atoms with Gasteiger partial charge in [-0.1, -0.05) is 0 Å². The lowest BCUT2D eigenvalue weighted by atomic mass is 10.2. The van der Waals surface area contributed by atoms with Crippen molar-refractivity contribution >= 4 is 7.40 Å². The Hall–Kier alpha value is -0.0851. The Morgan fingerprint density at radius 2 is 1.86 bits per heavy atom. The van der Waals surface area contributed by atoms with Crippen LogP contribution < -0.4 is 0 Å². The van der Waals surface area contributed by atoms with E-state index in [4.69, 9.17) is 0 Å². The molecule has 0 aromatic heterocycles. The Kier molecular flexibility index (Phi) is 1.65. The van der Waals surface area contributed by atoms with E-state index in [0.717, 1.165) is 6.42 Å². The summed E-state index contributed by atoms with van der Waals surface area (Å²) in [6, 6.07) is 0. The summed E-state index contributed by atoms with van der Waals surface area (Å²) < 4.78 is 20.5. The monoisotopic (exact) mass is 104 g/mol. The fourth-order valence-corrected chi connectivity index (χ4v) is 0.459. The maximum atomic E-state index is 11.7. The van der Waals surface area contributed by atoms with Gasteiger partial charge in [-0.15, -0.1) is 0 Å². The van der Waals surface area contributed by atoms with E-state index in [9.17, 15) is 4.32 Å². The van der Waals surface area contributed by atoms with Gasteiger partial charge in [0.15, 0.2) is 0 Å². The smallest absolute Gasteiger partial charge is 0.382 e. The molecule has 0 bridgehead atoms. The zero-order chi connectivity index (χ0) is 5.11. The molecule has 0 N–H and O–H groups in total. The van der Waals surface area contributed by atoms with Crippen LogP contribution in [0.15, 0.2) is 0 Å². The summed E-state index contributed by atoms with van der Waals surface area (Å²) in [4.78, 5) is 0. The number of hydrogen-bond donors (Lipinski definition) is 0. The topological polar surface area (TPSA) is 18.5 Å². The molecule has 1 rings (SSSR count).